The lowest BCUT2D eigenvalue weighted by atomic mass is 10.2. The topological polar surface area (TPSA) is 50.8 Å². The van der Waals surface area contributed by atoms with Gasteiger partial charge in [-0.2, -0.15) is 0 Å². The average molecular weight is 316 g/mol. The van der Waals surface area contributed by atoms with Gasteiger partial charge in [0.25, 0.3) is 0 Å². The Labute approximate surface area is 137 Å². The molecular formula is C18H24N2O3. The van der Waals surface area contributed by atoms with Crippen molar-refractivity contribution in [3.05, 3.63) is 29.8 Å². The first kappa shape index (κ1) is 15.9. The minimum absolute atomic E-state index is 0.0520. The van der Waals surface area contributed by atoms with E-state index < -0.39 is 0 Å². The number of carbonyl (C=O) groups is 1. The van der Waals surface area contributed by atoms with Crippen LogP contribution in [0.2, 0.25) is 0 Å². The van der Waals surface area contributed by atoms with Crippen LogP contribution >= 0.6 is 0 Å². The van der Waals surface area contributed by atoms with Crippen molar-refractivity contribution in [1.29, 1.82) is 0 Å². The number of amides is 1. The van der Waals surface area contributed by atoms with Crippen LogP contribution < -0.4 is 14.8 Å². The van der Waals surface area contributed by atoms with E-state index in [-0.39, 0.29) is 12.7 Å². The SMILES string of the molecule is O=C(/C=C/c1ccc2c(c1)OCO2)NCCCCN1CCCC1. The standard InChI is InChI=1S/C18H24N2O3/c21-18(19-9-1-2-10-20-11-3-4-12-20)8-6-15-5-7-16-17(13-15)23-14-22-16/h5-8,13H,1-4,9-12,14H2,(H,19,21)/b8-6+. The summed E-state index contributed by atoms with van der Waals surface area (Å²) >= 11 is 0. The van der Waals surface area contributed by atoms with E-state index >= 15 is 0 Å². The van der Waals surface area contributed by atoms with Gasteiger partial charge < -0.3 is 19.7 Å². The first-order valence-electron chi connectivity index (χ1n) is 8.39. The summed E-state index contributed by atoms with van der Waals surface area (Å²) in [5, 5.41) is 2.93. The summed E-state index contributed by atoms with van der Waals surface area (Å²) in [6.07, 6.45) is 8.20. The Morgan fingerprint density at radius 2 is 2.00 bits per heavy atom. The van der Waals surface area contributed by atoms with E-state index in [0.717, 1.165) is 43.0 Å². The Bertz CT molecular complexity index is 565. The molecule has 2 aliphatic rings. The molecule has 0 radical (unpaired) electrons. The number of rotatable bonds is 7. The van der Waals surface area contributed by atoms with E-state index in [1.165, 1.54) is 25.9 Å². The molecule has 0 atom stereocenters. The molecule has 1 N–H and O–H groups in total. The summed E-state index contributed by atoms with van der Waals surface area (Å²) in [5.41, 5.74) is 0.929. The maximum Gasteiger partial charge on any atom is 0.243 e. The molecule has 0 saturated carbocycles. The van der Waals surface area contributed by atoms with E-state index in [4.69, 9.17) is 9.47 Å². The van der Waals surface area contributed by atoms with Gasteiger partial charge in [-0.15, -0.1) is 0 Å². The van der Waals surface area contributed by atoms with Crippen LogP contribution in [0.4, 0.5) is 0 Å². The number of hydrogen-bond donors (Lipinski definition) is 1. The van der Waals surface area contributed by atoms with Crippen LogP contribution in [0.1, 0.15) is 31.2 Å². The molecule has 5 nitrogen and oxygen atoms in total. The highest BCUT2D eigenvalue weighted by molar-refractivity contribution is 5.91. The molecule has 2 heterocycles. The molecule has 0 aliphatic carbocycles. The zero-order valence-electron chi connectivity index (χ0n) is 13.4. The van der Waals surface area contributed by atoms with Gasteiger partial charge in [0.15, 0.2) is 11.5 Å². The second kappa shape index (κ2) is 8.02. The minimum atomic E-state index is -0.0520. The van der Waals surface area contributed by atoms with Crippen molar-refractivity contribution in [1.82, 2.24) is 10.2 Å². The van der Waals surface area contributed by atoms with E-state index in [1.54, 1.807) is 12.2 Å². The molecule has 0 unspecified atom stereocenters. The zero-order valence-corrected chi connectivity index (χ0v) is 13.4. The maximum atomic E-state index is 11.8. The van der Waals surface area contributed by atoms with Gasteiger partial charge >= 0.3 is 0 Å². The molecule has 0 spiro atoms. The number of fused-ring (bicyclic) bond motifs is 1. The van der Waals surface area contributed by atoms with Crippen LogP contribution in [0.15, 0.2) is 24.3 Å². The van der Waals surface area contributed by atoms with Crippen molar-refractivity contribution in [2.24, 2.45) is 0 Å². The Morgan fingerprint density at radius 1 is 1.17 bits per heavy atom. The lowest BCUT2D eigenvalue weighted by Crippen LogP contribution is -2.24. The maximum absolute atomic E-state index is 11.8. The molecule has 0 aromatic heterocycles. The van der Waals surface area contributed by atoms with Crippen LogP contribution in [0, 0.1) is 0 Å². The zero-order chi connectivity index (χ0) is 15.9. The summed E-state index contributed by atoms with van der Waals surface area (Å²) < 4.78 is 10.6. The third-order valence-corrected chi connectivity index (χ3v) is 4.22. The number of carbonyl (C=O) groups excluding carboxylic acids is 1. The van der Waals surface area contributed by atoms with Crippen molar-refractivity contribution in [3.63, 3.8) is 0 Å². The predicted octanol–water partition coefficient (Wildman–Crippen LogP) is 2.42. The van der Waals surface area contributed by atoms with E-state index in [0.29, 0.717) is 0 Å². The molecule has 3 rings (SSSR count). The normalized spacial score (nSPS) is 17.0. The van der Waals surface area contributed by atoms with Gasteiger partial charge in [-0.1, -0.05) is 6.07 Å². The summed E-state index contributed by atoms with van der Waals surface area (Å²) in [7, 11) is 0. The molecular weight excluding hydrogens is 292 g/mol. The van der Waals surface area contributed by atoms with Gasteiger partial charge in [0.05, 0.1) is 0 Å². The van der Waals surface area contributed by atoms with Crippen LogP contribution in [0.3, 0.4) is 0 Å². The highest BCUT2D eigenvalue weighted by Gasteiger charge is 2.12. The molecule has 23 heavy (non-hydrogen) atoms. The number of benzene rings is 1. The molecule has 1 fully saturated rings. The lowest BCUT2D eigenvalue weighted by molar-refractivity contribution is -0.116. The van der Waals surface area contributed by atoms with Crippen LogP contribution in [-0.2, 0) is 4.79 Å². The van der Waals surface area contributed by atoms with Gasteiger partial charge in [-0.3, -0.25) is 4.79 Å². The van der Waals surface area contributed by atoms with Crippen molar-refractivity contribution in [2.75, 3.05) is 33.0 Å². The van der Waals surface area contributed by atoms with E-state index in [9.17, 15) is 4.79 Å². The van der Waals surface area contributed by atoms with Gasteiger partial charge in [-0.25, -0.2) is 0 Å². The largest absolute Gasteiger partial charge is 0.454 e. The summed E-state index contributed by atoms with van der Waals surface area (Å²) in [4.78, 5) is 14.3. The monoisotopic (exact) mass is 316 g/mol. The second-order valence-electron chi connectivity index (χ2n) is 5.99. The fourth-order valence-corrected chi connectivity index (χ4v) is 2.93. The summed E-state index contributed by atoms with van der Waals surface area (Å²) in [6.45, 7) is 4.64. The second-order valence-corrected chi connectivity index (χ2v) is 5.99. The average Bonchev–Trinajstić information content (AvgIpc) is 3.23. The Hall–Kier alpha value is -2.01. The van der Waals surface area contributed by atoms with Crippen LogP contribution in [0.5, 0.6) is 11.5 Å². The fourth-order valence-electron chi connectivity index (χ4n) is 2.93. The molecule has 1 aromatic carbocycles. The Morgan fingerprint density at radius 3 is 2.87 bits per heavy atom. The highest BCUT2D eigenvalue weighted by Crippen LogP contribution is 2.32. The van der Waals surface area contributed by atoms with Crippen LogP contribution in [0.25, 0.3) is 6.08 Å². The van der Waals surface area contributed by atoms with Gasteiger partial charge in [0, 0.05) is 12.6 Å². The molecule has 2 aliphatic heterocycles. The van der Waals surface area contributed by atoms with Crippen molar-refractivity contribution in [3.8, 4) is 11.5 Å². The van der Waals surface area contributed by atoms with E-state index in [2.05, 4.69) is 10.2 Å². The summed E-state index contributed by atoms with van der Waals surface area (Å²) in [5.74, 6) is 1.43. The number of nitrogens with one attached hydrogen (secondary N) is 1. The molecule has 0 bridgehead atoms. The molecule has 124 valence electrons. The number of nitrogens with zero attached hydrogens (tertiary/aromatic N) is 1. The lowest BCUT2D eigenvalue weighted by Gasteiger charge is -2.13. The smallest absolute Gasteiger partial charge is 0.243 e. The van der Waals surface area contributed by atoms with Gasteiger partial charge in [-0.05, 0) is 69.1 Å². The Kier molecular flexibility index (Phi) is 5.53. The first-order valence-corrected chi connectivity index (χ1v) is 8.39. The van der Waals surface area contributed by atoms with Gasteiger partial charge in [0.1, 0.15) is 0 Å². The Balaban J connectivity index is 1.34. The number of hydrogen-bond acceptors (Lipinski definition) is 4. The van der Waals surface area contributed by atoms with Crippen molar-refractivity contribution >= 4 is 12.0 Å². The quantitative estimate of drug-likeness (QED) is 0.620. The molecule has 1 amide bonds. The first-order chi connectivity index (χ1) is 11.3. The predicted molar refractivity (Wildman–Crippen MR) is 89.5 cm³/mol. The molecule has 1 saturated heterocycles. The minimum Gasteiger partial charge on any atom is -0.454 e. The van der Waals surface area contributed by atoms with Crippen molar-refractivity contribution < 1.29 is 14.3 Å². The number of likely N-dealkylation sites (tertiary alicyclic amines) is 1. The van der Waals surface area contributed by atoms with Crippen LogP contribution in [-0.4, -0.2) is 43.8 Å². The highest BCUT2D eigenvalue weighted by atomic mass is 16.7. The third kappa shape index (κ3) is 4.73. The van der Waals surface area contributed by atoms with E-state index in [1.807, 2.05) is 18.2 Å². The van der Waals surface area contributed by atoms with Gasteiger partial charge in [0.2, 0.25) is 12.7 Å². The number of unbranched alkanes of at least 4 members (excludes halogenated alkanes) is 1. The third-order valence-electron chi connectivity index (χ3n) is 4.22. The van der Waals surface area contributed by atoms with Crippen molar-refractivity contribution in [2.45, 2.75) is 25.7 Å². The summed E-state index contributed by atoms with van der Waals surface area (Å²) in [6, 6.07) is 5.65. The molecule has 1 aromatic rings. The fraction of sp³-hybridized carbons (Fsp3) is 0.500. The molecule has 5 heteroatoms. The number of ether oxygens (including phenoxy) is 2.